The lowest BCUT2D eigenvalue weighted by Gasteiger charge is -2.34. The Kier molecular flexibility index (Phi) is 6.99. The number of hydrogen-bond donors (Lipinski definition) is 1. The van der Waals surface area contributed by atoms with E-state index in [2.05, 4.69) is 80.4 Å². The number of anilines is 1. The van der Waals surface area contributed by atoms with E-state index in [1.165, 1.54) is 22.4 Å². The van der Waals surface area contributed by atoms with Crippen molar-refractivity contribution in [3.8, 4) is 0 Å². The van der Waals surface area contributed by atoms with Crippen molar-refractivity contribution in [1.82, 2.24) is 0 Å². The summed E-state index contributed by atoms with van der Waals surface area (Å²) in [4.78, 5) is 3.48. The Labute approximate surface area is 152 Å². The monoisotopic (exact) mass is 339 g/mol. The van der Waals surface area contributed by atoms with E-state index < -0.39 is 0 Å². The zero-order valence-electron chi connectivity index (χ0n) is 15.1. The van der Waals surface area contributed by atoms with E-state index in [1.54, 1.807) is 0 Å². The third-order valence-electron chi connectivity index (χ3n) is 4.65. The molecule has 1 heterocycles. The smallest absolute Gasteiger partial charge is 0.0366 e. The number of thiol groups is 1. The first-order valence-corrected chi connectivity index (χ1v) is 9.17. The summed E-state index contributed by atoms with van der Waals surface area (Å²) in [5.41, 5.74) is 5.04. The zero-order valence-corrected chi connectivity index (χ0v) is 16.0. The van der Waals surface area contributed by atoms with Crippen molar-refractivity contribution < 1.29 is 0 Å². The van der Waals surface area contributed by atoms with E-state index >= 15 is 0 Å². The highest BCUT2D eigenvalue weighted by molar-refractivity contribution is 7.84. The van der Waals surface area contributed by atoms with E-state index in [1.807, 2.05) is 13.0 Å². The van der Waals surface area contributed by atoms with Crippen LogP contribution in [-0.2, 0) is 0 Å². The topological polar surface area (TPSA) is 3.24 Å². The first-order chi connectivity index (χ1) is 11.5. The Hall–Kier alpha value is -1.67. The molecule has 0 N–H and O–H groups in total. The van der Waals surface area contributed by atoms with Gasteiger partial charge in [0.25, 0.3) is 0 Å². The zero-order chi connectivity index (χ0) is 17.5. The van der Waals surface area contributed by atoms with Crippen LogP contribution < -0.4 is 4.90 Å². The molecule has 2 heteroatoms. The quantitative estimate of drug-likeness (QED) is 0.501. The minimum atomic E-state index is 0.533. The molecule has 0 unspecified atom stereocenters. The number of aryl methyl sites for hydroxylation is 1. The summed E-state index contributed by atoms with van der Waals surface area (Å²) in [6, 6.07) is 8.83. The number of hydrogen-bond acceptors (Lipinski definition) is 2. The maximum absolute atomic E-state index is 4.66. The fraction of sp³-hybridized carbons (Fsp3) is 0.364. The molecule has 0 bridgehead atoms. The molecule has 0 aromatic heterocycles. The molecule has 0 saturated carbocycles. The van der Waals surface area contributed by atoms with Crippen molar-refractivity contribution in [3.63, 3.8) is 0 Å². The lowest BCUT2D eigenvalue weighted by molar-refractivity contribution is 0.465. The summed E-state index contributed by atoms with van der Waals surface area (Å²) in [5, 5.41) is 0. The van der Waals surface area contributed by atoms with Gasteiger partial charge in [0.2, 0.25) is 0 Å². The molecular formula is C22H29NS. The van der Waals surface area contributed by atoms with Crippen molar-refractivity contribution >= 4 is 18.3 Å². The lowest BCUT2D eigenvalue weighted by atomic mass is 9.89. The van der Waals surface area contributed by atoms with Crippen molar-refractivity contribution in [3.05, 3.63) is 76.8 Å². The molecule has 1 aliphatic rings. The van der Waals surface area contributed by atoms with Gasteiger partial charge in [-0.1, -0.05) is 48.1 Å². The molecule has 1 aromatic carbocycles. The molecule has 2 rings (SSSR count). The van der Waals surface area contributed by atoms with Crippen LogP contribution >= 0.6 is 12.6 Å². The molecule has 0 radical (unpaired) electrons. The van der Waals surface area contributed by atoms with Gasteiger partial charge in [0.05, 0.1) is 0 Å². The number of rotatable bonds is 5. The summed E-state index contributed by atoms with van der Waals surface area (Å²) in [7, 11) is 0. The normalized spacial score (nSPS) is 17.6. The van der Waals surface area contributed by atoms with E-state index in [0.29, 0.717) is 5.92 Å². The van der Waals surface area contributed by atoms with Gasteiger partial charge in [-0.2, -0.15) is 0 Å². The van der Waals surface area contributed by atoms with Gasteiger partial charge in [-0.05, 0) is 63.3 Å². The van der Waals surface area contributed by atoms with Gasteiger partial charge < -0.3 is 4.90 Å². The van der Waals surface area contributed by atoms with E-state index in [0.717, 1.165) is 30.8 Å². The number of nitrogens with zero attached hydrogens (tertiary/aromatic N) is 1. The van der Waals surface area contributed by atoms with Crippen LogP contribution in [0.4, 0.5) is 5.69 Å². The summed E-state index contributed by atoms with van der Waals surface area (Å²) in [6.45, 7) is 12.7. The molecule has 1 aromatic rings. The minimum Gasteiger partial charge on any atom is -0.371 e. The number of allylic oxidation sites excluding steroid dienone is 6. The minimum absolute atomic E-state index is 0.533. The average molecular weight is 340 g/mol. The van der Waals surface area contributed by atoms with Gasteiger partial charge in [0.15, 0.2) is 0 Å². The molecule has 0 atom stereocenters. The first kappa shape index (κ1) is 18.7. The second-order valence-electron chi connectivity index (χ2n) is 6.58. The summed E-state index contributed by atoms with van der Waals surface area (Å²) >= 11 is 4.66. The Balaban J connectivity index is 1.93. The fourth-order valence-corrected chi connectivity index (χ4v) is 3.34. The highest BCUT2D eigenvalue weighted by atomic mass is 32.1. The fourth-order valence-electron chi connectivity index (χ4n) is 3.09. The second-order valence-corrected chi connectivity index (χ2v) is 7.07. The van der Waals surface area contributed by atoms with Crippen LogP contribution in [0.3, 0.4) is 0 Å². The lowest BCUT2D eigenvalue weighted by Crippen LogP contribution is -2.34. The average Bonchev–Trinajstić information content (AvgIpc) is 2.60. The Morgan fingerprint density at radius 3 is 2.38 bits per heavy atom. The standard InChI is InChI=1S/C22H29NS/c1-5-6-17(2)9-12-22(24)19(4)20-13-15-23(16-14-20)21-10-7-18(3)8-11-21/h5-12,20,24H,4,13-16H2,1-3H3/b6-5+,17-9+,22-12-. The molecular weight excluding hydrogens is 310 g/mol. The molecule has 1 aliphatic heterocycles. The molecule has 128 valence electrons. The molecule has 0 spiro atoms. The predicted octanol–water partition coefficient (Wildman–Crippen LogP) is 6.10. The maximum atomic E-state index is 4.66. The van der Waals surface area contributed by atoms with Gasteiger partial charge in [0, 0.05) is 23.7 Å². The third-order valence-corrected chi connectivity index (χ3v) is 5.09. The van der Waals surface area contributed by atoms with Crippen molar-refractivity contribution in [2.45, 2.75) is 33.6 Å². The van der Waals surface area contributed by atoms with Crippen LogP contribution in [0, 0.1) is 12.8 Å². The highest BCUT2D eigenvalue weighted by Crippen LogP contribution is 2.31. The van der Waals surface area contributed by atoms with Gasteiger partial charge in [-0.15, -0.1) is 12.6 Å². The molecule has 0 aliphatic carbocycles. The molecule has 1 nitrogen and oxygen atoms in total. The van der Waals surface area contributed by atoms with E-state index in [-0.39, 0.29) is 0 Å². The number of piperidine rings is 1. The number of benzene rings is 1. The molecule has 0 amide bonds. The van der Waals surface area contributed by atoms with Crippen molar-refractivity contribution in [1.29, 1.82) is 0 Å². The largest absolute Gasteiger partial charge is 0.371 e. The van der Waals surface area contributed by atoms with Crippen LogP contribution in [-0.4, -0.2) is 13.1 Å². The van der Waals surface area contributed by atoms with Crippen LogP contribution in [0.2, 0.25) is 0 Å². The Morgan fingerprint density at radius 2 is 1.79 bits per heavy atom. The van der Waals surface area contributed by atoms with Crippen LogP contribution in [0.5, 0.6) is 0 Å². The van der Waals surface area contributed by atoms with Crippen molar-refractivity contribution in [2.24, 2.45) is 5.92 Å². The summed E-state index contributed by atoms with van der Waals surface area (Å²) in [5.74, 6) is 0.533. The van der Waals surface area contributed by atoms with Crippen molar-refractivity contribution in [2.75, 3.05) is 18.0 Å². The second kappa shape index (κ2) is 8.98. The first-order valence-electron chi connectivity index (χ1n) is 8.72. The van der Waals surface area contributed by atoms with Gasteiger partial charge in [-0.25, -0.2) is 0 Å². The SMILES string of the molecule is C=C(/C(S)=C/C=C(C)/C=C/C)C1CCN(c2ccc(C)cc2)CC1. The van der Waals surface area contributed by atoms with Gasteiger partial charge in [-0.3, -0.25) is 0 Å². The molecule has 1 saturated heterocycles. The molecule has 1 fully saturated rings. The van der Waals surface area contributed by atoms with Crippen LogP contribution in [0.15, 0.2) is 71.2 Å². The maximum Gasteiger partial charge on any atom is 0.0366 e. The van der Waals surface area contributed by atoms with E-state index in [9.17, 15) is 0 Å². The van der Waals surface area contributed by atoms with Crippen LogP contribution in [0.25, 0.3) is 0 Å². The Morgan fingerprint density at radius 1 is 1.17 bits per heavy atom. The van der Waals surface area contributed by atoms with Gasteiger partial charge >= 0.3 is 0 Å². The highest BCUT2D eigenvalue weighted by Gasteiger charge is 2.22. The predicted molar refractivity (Wildman–Crippen MR) is 111 cm³/mol. The molecule has 24 heavy (non-hydrogen) atoms. The third kappa shape index (κ3) is 5.17. The van der Waals surface area contributed by atoms with Gasteiger partial charge in [0.1, 0.15) is 0 Å². The summed E-state index contributed by atoms with van der Waals surface area (Å²) in [6.07, 6.45) is 10.6. The van der Waals surface area contributed by atoms with E-state index in [4.69, 9.17) is 0 Å². The summed E-state index contributed by atoms with van der Waals surface area (Å²) < 4.78 is 0. The Bertz CT molecular complexity index is 641. The van der Waals surface area contributed by atoms with Crippen LogP contribution in [0.1, 0.15) is 32.3 Å².